The van der Waals surface area contributed by atoms with E-state index in [0.717, 1.165) is 0 Å². The van der Waals surface area contributed by atoms with Gasteiger partial charge in [0, 0.05) is 18.5 Å². The first kappa shape index (κ1) is 16.2. The number of methoxy groups -OCH3 is 2. The van der Waals surface area contributed by atoms with Gasteiger partial charge in [-0.3, -0.25) is 9.59 Å². The molecule has 1 aliphatic rings. The summed E-state index contributed by atoms with van der Waals surface area (Å²) < 4.78 is 9.48. The lowest BCUT2D eigenvalue weighted by molar-refractivity contribution is -0.156. The first-order chi connectivity index (χ1) is 9.38. The van der Waals surface area contributed by atoms with Gasteiger partial charge in [0.05, 0.1) is 20.1 Å². The van der Waals surface area contributed by atoms with Crippen LogP contribution in [0.4, 0.5) is 0 Å². The highest BCUT2D eigenvalue weighted by molar-refractivity contribution is 5.98. The minimum Gasteiger partial charge on any atom is -0.469 e. The SMILES string of the molecule is C=C1C(=O)N(C)C(C(=O)OC)CC1C(CC)C(=O)OC. The van der Waals surface area contributed by atoms with Gasteiger partial charge < -0.3 is 14.4 Å². The molecule has 0 aromatic heterocycles. The van der Waals surface area contributed by atoms with Crippen LogP contribution < -0.4 is 0 Å². The number of ether oxygens (including phenoxy) is 2. The quantitative estimate of drug-likeness (QED) is 0.562. The molecule has 112 valence electrons. The third-order valence-electron chi connectivity index (χ3n) is 3.89. The highest BCUT2D eigenvalue weighted by Gasteiger charge is 2.43. The van der Waals surface area contributed by atoms with E-state index in [9.17, 15) is 14.4 Å². The van der Waals surface area contributed by atoms with E-state index in [-0.39, 0.29) is 11.9 Å². The van der Waals surface area contributed by atoms with E-state index in [1.165, 1.54) is 26.2 Å². The number of nitrogens with zero attached hydrogens (tertiary/aromatic N) is 1. The molecule has 0 bridgehead atoms. The molecule has 0 saturated carbocycles. The molecule has 0 radical (unpaired) electrons. The Bertz CT molecular complexity index is 417. The van der Waals surface area contributed by atoms with Crippen LogP contribution in [0, 0.1) is 11.8 Å². The van der Waals surface area contributed by atoms with Crippen molar-refractivity contribution in [1.82, 2.24) is 4.90 Å². The van der Waals surface area contributed by atoms with E-state index in [2.05, 4.69) is 6.58 Å². The second-order valence-corrected chi connectivity index (χ2v) is 4.86. The van der Waals surface area contributed by atoms with Crippen LogP contribution in [0.25, 0.3) is 0 Å². The van der Waals surface area contributed by atoms with Gasteiger partial charge in [0.1, 0.15) is 6.04 Å². The standard InChI is InChI=1S/C14H21NO5/c1-6-9(13(17)19-4)10-7-11(14(18)20-5)15(3)12(16)8(10)2/h9-11H,2,6-7H2,1,3-5H3. The minimum absolute atomic E-state index is 0.321. The molecular formula is C14H21NO5. The van der Waals surface area contributed by atoms with Crippen molar-refractivity contribution < 1.29 is 23.9 Å². The molecule has 6 nitrogen and oxygen atoms in total. The molecule has 3 unspecified atom stereocenters. The van der Waals surface area contributed by atoms with Gasteiger partial charge in [0.25, 0.3) is 0 Å². The number of amides is 1. The lowest BCUT2D eigenvalue weighted by Gasteiger charge is -2.38. The Labute approximate surface area is 118 Å². The Morgan fingerprint density at radius 3 is 2.45 bits per heavy atom. The highest BCUT2D eigenvalue weighted by Crippen LogP contribution is 2.35. The Morgan fingerprint density at radius 1 is 1.40 bits per heavy atom. The molecule has 0 aromatic carbocycles. The minimum atomic E-state index is -0.693. The fraction of sp³-hybridized carbons (Fsp3) is 0.643. The predicted molar refractivity (Wildman–Crippen MR) is 71.6 cm³/mol. The molecule has 20 heavy (non-hydrogen) atoms. The maximum atomic E-state index is 12.2. The molecule has 1 amide bonds. The van der Waals surface area contributed by atoms with Crippen molar-refractivity contribution in [2.75, 3.05) is 21.3 Å². The number of likely N-dealkylation sites (tertiary alicyclic amines) is 1. The van der Waals surface area contributed by atoms with Crippen LogP contribution in [0.1, 0.15) is 19.8 Å². The Kier molecular flexibility index (Phi) is 5.30. The number of hydrogen-bond donors (Lipinski definition) is 0. The molecular weight excluding hydrogens is 262 g/mol. The van der Waals surface area contributed by atoms with Crippen molar-refractivity contribution in [3.05, 3.63) is 12.2 Å². The molecule has 1 aliphatic heterocycles. The largest absolute Gasteiger partial charge is 0.469 e. The smallest absolute Gasteiger partial charge is 0.328 e. The average Bonchev–Trinajstić information content (AvgIpc) is 2.46. The second kappa shape index (κ2) is 6.54. The fourth-order valence-corrected chi connectivity index (χ4v) is 2.63. The van der Waals surface area contributed by atoms with E-state index in [0.29, 0.717) is 18.4 Å². The molecule has 0 N–H and O–H groups in total. The molecule has 0 spiro atoms. The Balaban J connectivity index is 3.06. The summed E-state index contributed by atoms with van der Waals surface area (Å²) >= 11 is 0. The lowest BCUT2D eigenvalue weighted by atomic mass is 9.77. The van der Waals surface area contributed by atoms with E-state index in [1.54, 1.807) is 0 Å². The predicted octanol–water partition coefficient (Wildman–Crippen LogP) is 0.762. The molecule has 1 rings (SSSR count). The summed E-state index contributed by atoms with van der Waals surface area (Å²) in [5, 5.41) is 0. The summed E-state index contributed by atoms with van der Waals surface area (Å²) in [6.45, 7) is 5.62. The van der Waals surface area contributed by atoms with Crippen LogP contribution >= 0.6 is 0 Å². The van der Waals surface area contributed by atoms with E-state index in [1.807, 2.05) is 6.92 Å². The van der Waals surface area contributed by atoms with Crippen molar-refractivity contribution >= 4 is 17.8 Å². The summed E-state index contributed by atoms with van der Waals surface area (Å²) in [7, 11) is 4.11. The van der Waals surface area contributed by atoms with Crippen molar-refractivity contribution in [1.29, 1.82) is 0 Å². The molecule has 6 heteroatoms. The van der Waals surface area contributed by atoms with Gasteiger partial charge >= 0.3 is 11.9 Å². The highest BCUT2D eigenvalue weighted by atomic mass is 16.5. The maximum absolute atomic E-state index is 12.2. The zero-order valence-electron chi connectivity index (χ0n) is 12.3. The number of likely N-dealkylation sites (N-methyl/N-ethyl adjacent to an activating group) is 1. The van der Waals surface area contributed by atoms with Gasteiger partial charge in [0.2, 0.25) is 5.91 Å². The van der Waals surface area contributed by atoms with E-state index < -0.39 is 23.8 Å². The van der Waals surface area contributed by atoms with Crippen LogP contribution in [0.15, 0.2) is 12.2 Å². The topological polar surface area (TPSA) is 72.9 Å². The van der Waals surface area contributed by atoms with Crippen molar-refractivity contribution in [2.45, 2.75) is 25.8 Å². The van der Waals surface area contributed by atoms with Crippen LogP contribution in [0.2, 0.25) is 0 Å². The van der Waals surface area contributed by atoms with E-state index in [4.69, 9.17) is 9.47 Å². The van der Waals surface area contributed by atoms with Gasteiger partial charge in [-0.15, -0.1) is 0 Å². The molecule has 1 heterocycles. The van der Waals surface area contributed by atoms with E-state index >= 15 is 0 Å². The first-order valence-corrected chi connectivity index (χ1v) is 6.50. The van der Waals surface area contributed by atoms with Crippen molar-refractivity contribution in [3.63, 3.8) is 0 Å². The number of carbonyl (C=O) groups excluding carboxylic acids is 3. The summed E-state index contributed by atoms with van der Waals surface area (Å²) in [5.41, 5.74) is 0.338. The van der Waals surface area contributed by atoms with Crippen LogP contribution in [-0.4, -0.2) is 50.1 Å². The number of piperidine rings is 1. The first-order valence-electron chi connectivity index (χ1n) is 6.50. The molecule has 0 aliphatic carbocycles. The van der Waals surface area contributed by atoms with Gasteiger partial charge in [0.15, 0.2) is 0 Å². The summed E-state index contributed by atoms with van der Waals surface area (Å²) in [6, 6.07) is -0.693. The number of carbonyl (C=O) groups is 3. The average molecular weight is 283 g/mol. The summed E-state index contributed by atoms with van der Waals surface area (Å²) in [4.78, 5) is 37.1. The monoisotopic (exact) mass is 283 g/mol. The molecule has 1 fully saturated rings. The van der Waals surface area contributed by atoms with Gasteiger partial charge in [-0.2, -0.15) is 0 Å². The van der Waals surface area contributed by atoms with Crippen LogP contribution in [-0.2, 0) is 23.9 Å². The molecule has 1 saturated heterocycles. The summed E-state index contributed by atoms with van der Waals surface area (Å²) in [6.07, 6.45) is 0.836. The van der Waals surface area contributed by atoms with Crippen molar-refractivity contribution in [3.8, 4) is 0 Å². The zero-order valence-corrected chi connectivity index (χ0v) is 12.3. The Hall–Kier alpha value is -1.85. The lowest BCUT2D eigenvalue weighted by Crippen LogP contribution is -2.51. The van der Waals surface area contributed by atoms with Gasteiger partial charge in [-0.25, -0.2) is 4.79 Å². The van der Waals surface area contributed by atoms with Crippen LogP contribution in [0.5, 0.6) is 0 Å². The molecule has 0 aromatic rings. The van der Waals surface area contributed by atoms with Gasteiger partial charge in [-0.1, -0.05) is 13.5 Å². The number of rotatable bonds is 4. The van der Waals surface area contributed by atoms with Crippen molar-refractivity contribution in [2.24, 2.45) is 11.8 Å². The maximum Gasteiger partial charge on any atom is 0.328 e. The third-order valence-corrected chi connectivity index (χ3v) is 3.89. The van der Waals surface area contributed by atoms with Gasteiger partial charge in [-0.05, 0) is 12.8 Å². The summed E-state index contributed by atoms with van der Waals surface area (Å²) in [5.74, 6) is -2.09. The molecule has 3 atom stereocenters. The Morgan fingerprint density at radius 2 is 2.00 bits per heavy atom. The number of esters is 2. The number of hydrogen-bond acceptors (Lipinski definition) is 5. The normalized spacial score (nSPS) is 24.3. The zero-order chi connectivity index (χ0) is 15.4. The second-order valence-electron chi connectivity index (χ2n) is 4.86. The third kappa shape index (κ3) is 2.84. The fourth-order valence-electron chi connectivity index (χ4n) is 2.63. The van der Waals surface area contributed by atoms with Crippen LogP contribution in [0.3, 0.4) is 0 Å².